The van der Waals surface area contributed by atoms with Crippen LogP contribution in [0.3, 0.4) is 0 Å². The summed E-state index contributed by atoms with van der Waals surface area (Å²) in [7, 11) is 4.56. The lowest BCUT2D eigenvalue weighted by Gasteiger charge is -2.17. The molecule has 0 spiro atoms. The van der Waals surface area contributed by atoms with E-state index in [1.807, 2.05) is 17.1 Å². The number of hydrogen-bond acceptors (Lipinski definition) is 9. The van der Waals surface area contributed by atoms with E-state index in [0.717, 1.165) is 29.9 Å². The number of thioether (sulfide) groups is 1. The summed E-state index contributed by atoms with van der Waals surface area (Å²) in [6.07, 6.45) is 6.11. The predicted octanol–water partition coefficient (Wildman–Crippen LogP) is 2.60. The Labute approximate surface area is 196 Å². The van der Waals surface area contributed by atoms with E-state index in [4.69, 9.17) is 19.2 Å². The van der Waals surface area contributed by atoms with Gasteiger partial charge in [-0.3, -0.25) is 4.79 Å². The summed E-state index contributed by atoms with van der Waals surface area (Å²) in [4.78, 5) is 24.5. The van der Waals surface area contributed by atoms with Crippen LogP contribution in [-0.2, 0) is 6.54 Å². The molecule has 3 heterocycles. The molecule has 0 atom stereocenters. The van der Waals surface area contributed by atoms with Crippen molar-refractivity contribution in [3.05, 3.63) is 23.9 Å². The molecule has 1 N–H and O–H groups in total. The summed E-state index contributed by atoms with van der Waals surface area (Å²) in [6, 6.07) is 3.25. The van der Waals surface area contributed by atoms with Gasteiger partial charge in [0, 0.05) is 25.2 Å². The number of hydrogen-bond donors (Lipinski definition) is 1. The van der Waals surface area contributed by atoms with Gasteiger partial charge in [-0.2, -0.15) is 5.10 Å². The number of methoxy groups -OCH3 is 3. The summed E-state index contributed by atoms with van der Waals surface area (Å²) in [5.74, 6) is 1.99. The van der Waals surface area contributed by atoms with Crippen molar-refractivity contribution in [3.8, 4) is 17.2 Å². The molecule has 1 saturated heterocycles. The monoisotopic (exact) mass is 472 g/mol. The highest BCUT2D eigenvalue weighted by Crippen LogP contribution is 2.38. The third kappa shape index (κ3) is 4.63. The van der Waals surface area contributed by atoms with Crippen molar-refractivity contribution in [2.24, 2.45) is 0 Å². The number of fused-ring (bicyclic) bond motifs is 1. The van der Waals surface area contributed by atoms with Crippen LogP contribution in [0.4, 0.5) is 5.82 Å². The van der Waals surface area contributed by atoms with Crippen molar-refractivity contribution in [2.45, 2.75) is 24.5 Å². The highest BCUT2D eigenvalue weighted by Gasteiger charge is 2.21. The fourth-order valence-electron chi connectivity index (χ4n) is 3.94. The summed E-state index contributed by atoms with van der Waals surface area (Å²) in [5.41, 5.74) is 1.19. The van der Waals surface area contributed by atoms with Gasteiger partial charge in [0.1, 0.15) is 5.82 Å². The maximum atomic E-state index is 12.8. The molecule has 0 saturated carbocycles. The first-order valence-corrected chi connectivity index (χ1v) is 11.9. The molecule has 176 valence electrons. The Morgan fingerprint density at radius 3 is 2.39 bits per heavy atom. The maximum Gasteiger partial charge on any atom is 0.251 e. The molecular weight excluding hydrogens is 444 g/mol. The Morgan fingerprint density at radius 1 is 1.09 bits per heavy atom. The minimum absolute atomic E-state index is 0.247. The van der Waals surface area contributed by atoms with E-state index in [1.165, 1.54) is 45.9 Å². The molecule has 1 aliphatic rings. The van der Waals surface area contributed by atoms with E-state index >= 15 is 0 Å². The zero-order valence-corrected chi connectivity index (χ0v) is 20.1. The van der Waals surface area contributed by atoms with E-state index < -0.39 is 0 Å². The highest BCUT2D eigenvalue weighted by atomic mass is 32.2. The fraction of sp³-hybridized carbons (Fsp3) is 0.455. The van der Waals surface area contributed by atoms with Gasteiger partial charge in [-0.05, 0) is 31.2 Å². The van der Waals surface area contributed by atoms with Crippen LogP contribution in [-0.4, -0.2) is 72.9 Å². The first-order valence-electron chi connectivity index (χ1n) is 10.7. The SMILES string of the molecule is COc1cc(C(=O)NCCn2ncc3c(N4CCCC4)nc(SC)nc32)cc(OC)c1OC. The zero-order valence-electron chi connectivity index (χ0n) is 19.3. The van der Waals surface area contributed by atoms with Crippen LogP contribution in [0, 0.1) is 0 Å². The topological polar surface area (TPSA) is 104 Å². The third-order valence-electron chi connectivity index (χ3n) is 5.58. The van der Waals surface area contributed by atoms with Gasteiger partial charge in [0.05, 0.1) is 39.5 Å². The number of nitrogens with one attached hydrogen (secondary N) is 1. The smallest absolute Gasteiger partial charge is 0.251 e. The van der Waals surface area contributed by atoms with Crippen LogP contribution in [0.5, 0.6) is 17.2 Å². The summed E-state index contributed by atoms with van der Waals surface area (Å²) >= 11 is 1.51. The first-order chi connectivity index (χ1) is 16.1. The molecule has 0 unspecified atom stereocenters. The molecule has 4 rings (SSSR count). The quantitative estimate of drug-likeness (QED) is 0.372. The second-order valence-electron chi connectivity index (χ2n) is 7.50. The normalized spacial score (nSPS) is 13.4. The lowest BCUT2D eigenvalue weighted by molar-refractivity contribution is 0.0951. The second kappa shape index (κ2) is 10.2. The van der Waals surface area contributed by atoms with Crippen LogP contribution in [0.1, 0.15) is 23.2 Å². The number of ether oxygens (including phenoxy) is 3. The number of anilines is 1. The predicted molar refractivity (Wildman–Crippen MR) is 127 cm³/mol. The average Bonchev–Trinajstić information content (AvgIpc) is 3.53. The highest BCUT2D eigenvalue weighted by molar-refractivity contribution is 7.98. The van der Waals surface area contributed by atoms with Gasteiger partial charge in [0.15, 0.2) is 22.3 Å². The van der Waals surface area contributed by atoms with Crippen molar-refractivity contribution in [2.75, 3.05) is 52.1 Å². The third-order valence-corrected chi connectivity index (χ3v) is 6.13. The van der Waals surface area contributed by atoms with Gasteiger partial charge >= 0.3 is 0 Å². The number of aromatic nitrogens is 4. The van der Waals surface area contributed by atoms with Crippen LogP contribution in [0.2, 0.25) is 0 Å². The Morgan fingerprint density at radius 2 is 1.79 bits per heavy atom. The van der Waals surface area contributed by atoms with E-state index in [-0.39, 0.29) is 5.91 Å². The lowest BCUT2D eigenvalue weighted by atomic mass is 10.1. The molecule has 0 radical (unpaired) electrons. The Bertz CT molecular complexity index is 1120. The molecule has 0 bridgehead atoms. The van der Waals surface area contributed by atoms with Gasteiger partial charge in [-0.25, -0.2) is 14.6 Å². The average molecular weight is 473 g/mol. The van der Waals surface area contributed by atoms with Crippen molar-refractivity contribution in [1.82, 2.24) is 25.1 Å². The Balaban J connectivity index is 1.50. The van der Waals surface area contributed by atoms with Gasteiger partial charge in [0.2, 0.25) is 5.75 Å². The minimum atomic E-state index is -0.247. The molecule has 1 aromatic carbocycles. The second-order valence-corrected chi connectivity index (χ2v) is 8.28. The molecule has 1 aliphatic heterocycles. The van der Waals surface area contributed by atoms with Gasteiger partial charge in [-0.1, -0.05) is 11.8 Å². The molecule has 11 heteroatoms. The van der Waals surface area contributed by atoms with Crippen LogP contribution < -0.4 is 24.4 Å². The van der Waals surface area contributed by atoms with E-state index in [9.17, 15) is 4.79 Å². The number of rotatable bonds is 9. The molecule has 0 aliphatic carbocycles. The number of benzene rings is 1. The lowest BCUT2D eigenvalue weighted by Crippen LogP contribution is -2.27. The minimum Gasteiger partial charge on any atom is -0.493 e. The van der Waals surface area contributed by atoms with Crippen LogP contribution in [0.15, 0.2) is 23.5 Å². The number of carbonyl (C=O) groups is 1. The Hall–Kier alpha value is -3.21. The number of carbonyl (C=O) groups excluding carboxylic acids is 1. The molecule has 1 amide bonds. The number of amides is 1. The van der Waals surface area contributed by atoms with Crippen LogP contribution >= 0.6 is 11.8 Å². The van der Waals surface area contributed by atoms with Crippen molar-refractivity contribution >= 4 is 34.5 Å². The summed E-state index contributed by atoms with van der Waals surface area (Å²) < 4.78 is 17.8. The maximum absolute atomic E-state index is 12.8. The molecule has 10 nitrogen and oxygen atoms in total. The standard InChI is InChI=1S/C22H28N6O4S/c1-30-16-11-14(12-17(31-2)18(16)32-3)21(29)23-7-10-28-20-15(13-24-28)19(25-22(26-20)33-4)27-8-5-6-9-27/h11-13H,5-10H2,1-4H3,(H,23,29). The molecular formula is C22H28N6O4S. The Kier molecular flexibility index (Phi) is 7.07. The van der Waals surface area contributed by atoms with E-state index in [2.05, 4.69) is 20.3 Å². The van der Waals surface area contributed by atoms with E-state index in [1.54, 1.807) is 12.1 Å². The first kappa shape index (κ1) is 23.0. The van der Waals surface area contributed by atoms with Crippen molar-refractivity contribution < 1.29 is 19.0 Å². The molecule has 3 aromatic rings. The summed E-state index contributed by atoms with van der Waals surface area (Å²) in [5, 5.41) is 9.10. The van der Waals surface area contributed by atoms with Crippen LogP contribution in [0.25, 0.3) is 11.0 Å². The number of nitrogens with zero attached hydrogens (tertiary/aromatic N) is 5. The molecule has 1 fully saturated rings. The largest absolute Gasteiger partial charge is 0.493 e. The van der Waals surface area contributed by atoms with Crippen molar-refractivity contribution in [3.63, 3.8) is 0 Å². The van der Waals surface area contributed by atoms with Gasteiger partial charge in [-0.15, -0.1) is 0 Å². The molecule has 2 aromatic heterocycles. The van der Waals surface area contributed by atoms with Gasteiger partial charge in [0.25, 0.3) is 5.91 Å². The van der Waals surface area contributed by atoms with Gasteiger partial charge < -0.3 is 24.4 Å². The summed E-state index contributed by atoms with van der Waals surface area (Å²) in [6.45, 7) is 2.85. The zero-order chi connectivity index (χ0) is 23.4. The molecule has 33 heavy (non-hydrogen) atoms. The van der Waals surface area contributed by atoms with E-state index in [0.29, 0.717) is 41.1 Å². The van der Waals surface area contributed by atoms with Crippen molar-refractivity contribution in [1.29, 1.82) is 0 Å². The fourth-order valence-corrected chi connectivity index (χ4v) is 4.29.